The molecule has 0 aromatic carbocycles. The van der Waals surface area contributed by atoms with Crippen molar-refractivity contribution in [1.29, 1.82) is 0 Å². The molecule has 1 aromatic rings. The Morgan fingerprint density at radius 2 is 2.12 bits per heavy atom. The number of anilines is 1. The molecule has 1 unspecified atom stereocenters. The first kappa shape index (κ1) is 14.1. The molecular weight excluding hydrogens is 250 g/mol. The van der Waals surface area contributed by atoms with E-state index in [0.717, 1.165) is 0 Å². The van der Waals surface area contributed by atoms with E-state index in [1.54, 1.807) is 18.5 Å². The molecule has 1 fully saturated rings. The van der Waals surface area contributed by atoms with Crippen LogP contribution >= 0.6 is 12.4 Å². The number of halogens is 3. The van der Waals surface area contributed by atoms with Gasteiger partial charge in [0.05, 0.1) is 6.54 Å². The molecule has 0 bridgehead atoms. The van der Waals surface area contributed by atoms with E-state index in [4.69, 9.17) is 0 Å². The Bertz CT molecular complexity index is 336. The van der Waals surface area contributed by atoms with Crippen molar-refractivity contribution in [3.8, 4) is 0 Å². The number of hydrogen-bond donors (Lipinski definition) is 2. The third kappa shape index (κ3) is 3.74. The van der Waals surface area contributed by atoms with Crippen LogP contribution in [0.3, 0.4) is 0 Å². The summed E-state index contributed by atoms with van der Waals surface area (Å²) in [6.07, 6.45) is 3.62. The van der Waals surface area contributed by atoms with E-state index in [0.29, 0.717) is 18.9 Å². The third-order valence-electron chi connectivity index (χ3n) is 2.70. The van der Waals surface area contributed by atoms with Crippen LogP contribution in [0, 0.1) is 5.92 Å². The average molecular weight is 265 g/mol. The number of aromatic nitrogens is 2. The fourth-order valence-corrected chi connectivity index (χ4v) is 1.74. The number of nitrogens with zero attached hydrogens (tertiary/aromatic N) is 2. The first-order valence-electron chi connectivity index (χ1n) is 5.28. The van der Waals surface area contributed by atoms with E-state index >= 15 is 0 Å². The summed E-state index contributed by atoms with van der Waals surface area (Å²) < 4.78 is 26.9. The van der Waals surface area contributed by atoms with Gasteiger partial charge in [0, 0.05) is 24.9 Å². The van der Waals surface area contributed by atoms with Gasteiger partial charge in [-0.25, -0.2) is 18.7 Å². The molecule has 2 rings (SSSR count). The minimum Gasteiger partial charge on any atom is -0.354 e. The van der Waals surface area contributed by atoms with Crippen LogP contribution in [0.4, 0.5) is 14.7 Å². The molecule has 17 heavy (non-hydrogen) atoms. The van der Waals surface area contributed by atoms with Gasteiger partial charge in [-0.2, -0.15) is 0 Å². The maximum absolute atomic E-state index is 13.4. The monoisotopic (exact) mass is 264 g/mol. The maximum atomic E-state index is 13.4. The van der Waals surface area contributed by atoms with Crippen molar-refractivity contribution < 1.29 is 8.78 Å². The summed E-state index contributed by atoms with van der Waals surface area (Å²) >= 11 is 0. The molecule has 2 N–H and O–H groups in total. The Labute approximate surface area is 105 Å². The van der Waals surface area contributed by atoms with Gasteiger partial charge in [0.15, 0.2) is 0 Å². The number of hydrogen-bond acceptors (Lipinski definition) is 4. The Morgan fingerprint density at radius 3 is 2.76 bits per heavy atom. The number of piperidine rings is 1. The highest BCUT2D eigenvalue weighted by Crippen LogP contribution is 2.29. The smallest absolute Gasteiger partial charge is 0.264 e. The van der Waals surface area contributed by atoms with Crippen molar-refractivity contribution in [2.45, 2.75) is 12.3 Å². The zero-order chi connectivity index (χ0) is 11.4. The lowest BCUT2D eigenvalue weighted by molar-refractivity contribution is -0.0678. The van der Waals surface area contributed by atoms with Gasteiger partial charge in [-0.3, -0.25) is 0 Å². The number of rotatable bonds is 3. The first-order chi connectivity index (χ1) is 7.68. The number of alkyl halides is 2. The second-order valence-electron chi connectivity index (χ2n) is 3.88. The van der Waals surface area contributed by atoms with Crippen molar-refractivity contribution in [1.82, 2.24) is 15.3 Å². The highest BCUT2D eigenvalue weighted by atomic mass is 35.5. The summed E-state index contributed by atoms with van der Waals surface area (Å²) in [5.41, 5.74) is 0. The average Bonchev–Trinajstić information content (AvgIpc) is 2.28. The molecule has 0 aliphatic carbocycles. The van der Waals surface area contributed by atoms with Crippen molar-refractivity contribution in [3.63, 3.8) is 0 Å². The molecule has 2 heterocycles. The molecule has 0 saturated carbocycles. The molecule has 1 aliphatic heterocycles. The Balaban J connectivity index is 0.00000144. The fourth-order valence-electron chi connectivity index (χ4n) is 1.74. The lowest BCUT2D eigenvalue weighted by Gasteiger charge is -2.31. The second-order valence-corrected chi connectivity index (χ2v) is 3.88. The van der Waals surface area contributed by atoms with Crippen LogP contribution < -0.4 is 10.6 Å². The lowest BCUT2D eigenvalue weighted by Crippen LogP contribution is -2.48. The highest BCUT2D eigenvalue weighted by Gasteiger charge is 2.41. The van der Waals surface area contributed by atoms with Crippen molar-refractivity contribution in [3.05, 3.63) is 18.5 Å². The van der Waals surface area contributed by atoms with Crippen LogP contribution in [0.5, 0.6) is 0 Å². The van der Waals surface area contributed by atoms with Crippen LogP contribution in [0.15, 0.2) is 18.5 Å². The summed E-state index contributed by atoms with van der Waals surface area (Å²) in [5.74, 6) is -2.91. The molecule has 0 spiro atoms. The predicted octanol–water partition coefficient (Wildman–Crippen LogP) is 1.56. The van der Waals surface area contributed by atoms with Gasteiger partial charge in [-0.15, -0.1) is 12.4 Å². The van der Waals surface area contributed by atoms with Crippen LogP contribution in [0.2, 0.25) is 0 Å². The highest BCUT2D eigenvalue weighted by molar-refractivity contribution is 5.85. The molecule has 0 amide bonds. The molecule has 1 aromatic heterocycles. The largest absolute Gasteiger partial charge is 0.354 e. The standard InChI is InChI=1S/C10H14F2N4.ClH/c11-10(12)7-13-5-2-8(10)6-16-9-14-3-1-4-15-9;/h1,3-4,8,13H,2,5-7H2,(H,14,15,16);1H. The summed E-state index contributed by atoms with van der Waals surface area (Å²) in [6, 6.07) is 1.68. The molecule has 96 valence electrons. The van der Waals surface area contributed by atoms with E-state index in [1.165, 1.54) is 0 Å². The molecule has 1 saturated heterocycles. The van der Waals surface area contributed by atoms with Gasteiger partial charge in [0.1, 0.15) is 0 Å². The topological polar surface area (TPSA) is 49.8 Å². The quantitative estimate of drug-likeness (QED) is 0.870. The molecule has 1 atom stereocenters. The number of nitrogens with one attached hydrogen (secondary N) is 2. The van der Waals surface area contributed by atoms with Gasteiger partial charge in [0.2, 0.25) is 5.95 Å². The first-order valence-corrected chi connectivity index (χ1v) is 5.28. The predicted molar refractivity (Wildman–Crippen MR) is 63.7 cm³/mol. The van der Waals surface area contributed by atoms with Crippen LogP contribution in [0.1, 0.15) is 6.42 Å². The van der Waals surface area contributed by atoms with Crippen molar-refractivity contribution in [2.24, 2.45) is 5.92 Å². The van der Waals surface area contributed by atoms with Crippen molar-refractivity contribution in [2.75, 3.05) is 25.0 Å². The molecule has 0 radical (unpaired) electrons. The Morgan fingerprint density at radius 1 is 1.41 bits per heavy atom. The second kappa shape index (κ2) is 6.07. The molecule has 1 aliphatic rings. The lowest BCUT2D eigenvalue weighted by atomic mass is 9.94. The van der Waals surface area contributed by atoms with Gasteiger partial charge in [0.25, 0.3) is 5.92 Å². The van der Waals surface area contributed by atoms with Crippen LogP contribution in [-0.2, 0) is 0 Å². The molecular formula is C10H15ClF2N4. The van der Waals surface area contributed by atoms with E-state index < -0.39 is 11.8 Å². The van der Waals surface area contributed by atoms with Crippen molar-refractivity contribution >= 4 is 18.4 Å². The van der Waals surface area contributed by atoms with Gasteiger partial charge < -0.3 is 10.6 Å². The van der Waals surface area contributed by atoms with Gasteiger partial charge in [-0.1, -0.05) is 0 Å². The molecule has 4 nitrogen and oxygen atoms in total. The van der Waals surface area contributed by atoms with E-state index in [-0.39, 0.29) is 25.5 Å². The summed E-state index contributed by atoms with van der Waals surface area (Å²) in [4.78, 5) is 7.86. The van der Waals surface area contributed by atoms with Crippen LogP contribution in [-0.4, -0.2) is 35.5 Å². The summed E-state index contributed by atoms with van der Waals surface area (Å²) in [7, 11) is 0. The zero-order valence-corrected chi connectivity index (χ0v) is 10.0. The minimum absolute atomic E-state index is 0. The minimum atomic E-state index is -2.65. The fraction of sp³-hybridized carbons (Fsp3) is 0.600. The normalized spacial score (nSPS) is 22.6. The molecule has 7 heteroatoms. The Hall–Kier alpha value is -1.01. The summed E-state index contributed by atoms with van der Waals surface area (Å²) in [5, 5.41) is 5.53. The SMILES string of the molecule is Cl.FC1(F)CNCCC1CNc1ncccn1. The van der Waals surface area contributed by atoms with Crippen LogP contribution in [0.25, 0.3) is 0 Å². The van der Waals surface area contributed by atoms with Gasteiger partial charge >= 0.3 is 0 Å². The van der Waals surface area contributed by atoms with E-state index in [1.807, 2.05) is 0 Å². The third-order valence-corrected chi connectivity index (χ3v) is 2.70. The van der Waals surface area contributed by atoms with E-state index in [2.05, 4.69) is 20.6 Å². The van der Waals surface area contributed by atoms with Gasteiger partial charge in [-0.05, 0) is 19.0 Å². The maximum Gasteiger partial charge on any atom is 0.264 e. The van der Waals surface area contributed by atoms with E-state index in [9.17, 15) is 8.78 Å². The summed E-state index contributed by atoms with van der Waals surface area (Å²) in [6.45, 7) is 0.602. The Kier molecular flexibility index (Phi) is 5.02. The zero-order valence-electron chi connectivity index (χ0n) is 9.20.